The van der Waals surface area contributed by atoms with Crippen molar-refractivity contribution in [3.8, 4) is 0 Å². The third kappa shape index (κ3) is 2.44. The van der Waals surface area contributed by atoms with Gasteiger partial charge < -0.3 is 4.74 Å². The van der Waals surface area contributed by atoms with Crippen LogP contribution in [0.3, 0.4) is 0 Å². The zero-order chi connectivity index (χ0) is 10.1. The van der Waals surface area contributed by atoms with Crippen molar-refractivity contribution in [1.82, 2.24) is 0 Å². The van der Waals surface area contributed by atoms with E-state index in [2.05, 4.69) is 27.0 Å². The number of hydrogen-bond acceptors (Lipinski definition) is 2. The van der Waals surface area contributed by atoms with Gasteiger partial charge in [0.15, 0.2) is 0 Å². The Labute approximate surface area is 79.3 Å². The maximum absolute atomic E-state index is 11.0. The summed E-state index contributed by atoms with van der Waals surface area (Å²) in [5, 5.41) is 0. The third-order valence-electron chi connectivity index (χ3n) is 2.34. The molecule has 1 aliphatic heterocycles. The molecule has 1 atom stereocenters. The molecule has 0 amide bonds. The predicted octanol–water partition coefficient (Wildman–Crippen LogP) is 2.46. The van der Waals surface area contributed by atoms with E-state index in [1.807, 2.05) is 6.08 Å². The Bertz CT molecular complexity index is 235. The molecule has 1 saturated heterocycles. The lowest BCUT2D eigenvalue weighted by Gasteiger charge is -2.22. The second-order valence-corrected chi connectivity index (χ2v) is 4.23. The lowest BCUT2D eigenvalue weighted by atomic mass is 9.86. The van der Waals surface area contributed by atoms with E-state index in [-0.39, 0.29) is 17.5 Å². The Kier molecular flexibility index (Phi) is 2.60. The van der Waals surface area contributed by atoms with E-state index in [0.717, 1.165) is 6.42 Å². The molecule has 2 heteroatoms. The summed E-state index contributed by atoms with van der Waals surface area (Å²) in [5.41, 5.74) is 0.611. The van der Waals surface area contributed by atoms with Crippen LogP contribution < -0.4 is 0 Å². The van der Waals surface area contributed by atoms with E-state index in [0.29, 0.717) is 12.0 Å². The Hall–Kier alpha value is -1.05. The van der Waals surface area contributed by atoms with Crippen LogP contribution in [0.1, 0.15) is 26.7 Å². The highest BCUT2D eigenvalue weighted by molar-refractivity contribution is 5.89. The van der Waals surface area contributed by atoms with E-state index < -0.39 is 0 Å². The summed E-state index contributed by atoms with van der Waals surface area (Å²) < 4.78 is 5.13. The standard InChI is InChI=1S/C11H16O2/c1-5-11(3,4)7-9-6-8(2)10(12)13-9/h5,9H,1-2,6-7H2,3-4H3. The van der Waals surface area contributed by atoms with Gasteiger partial charge in [-0.1, -0.05) is 26.5 Å². The summed E-state index contributed by atoms with van der Waals surface area (Å²) in [6, 6.07) is 0. The number of carbonyl (C=O) groups excluding carboxylic acids is 1. The monoisotopic (exact) mass is 180 g/mol. The Balaban J connectivity index is 2.53. The quantitative estimate of drug-likeness (QED) is 0.379. The highest BCUT2D eigenvalue weighted by atomic mass is 16.5. The second kappa shape index (κ2) is 3.36. The van der Waals surface area contributed by atoms with Crippen LogP contribution in [0.25, 0.3) is 0 Å². The molecule has 0 saturated carbocycles. The average Bonchev–Trinajstić information content (AvgIpc) is 2.30. The molecule has 2 nitrogen and oxygen atoms in total. The molecular formula is C11H16O2. The number of hydrogen-bond donors (Lipinski definition) is 0. The van der Waals surface area contributed by atoms with Gasteiger partial charge in [-0.2, -0.15) is 0 Å². The summed E-state index contributed by atoms with van der Waals surface area (Å²) in [4.78, 5) is 11.0. The molecule has 0 bridgehead atoms. The largest absolute Gasteiger partial charge is 0.459 e. The summed E-state index contributed by atoms with van der Waals surface area (Å²) in [6.07, 6.45) is 3.37. The minimum Gasteiger partial charge on any atom is -0.459 e. The highest BCUT2D eigenvalue weighted by Crippen LogP contribution is 2.31. The molecule has 0 spiro atoms. The zero-order valence-electron chi connectivity index (χ0n) is 8.30. The van der Waals surface area contributed by atoms with Gasteiger partial charge in [0.1, 0.15) is 6.10 Å². The molecule has 0 aromatic rings. The maximum atomic E-state index is 11.0. The molecule has 0 aliphatic carbocycles. The molecule has 0 aromatic carbocycles. The van der Waals surface area contributed by atoms with Crippen LogP contribution in [0.2, 0.25) is 0 Å². The SMILES string of the molecule is C=CC(C)(C)CC1CC(=C)C(=O)O1. The fourth-order valence-electron chi connectivity index (χ4n) is 1.42. The molecule has 1 unspecified atom stereocenters. The van der Waals surface area contributed by atoms with Crippen molar-refractivity contribution in [2.24, 2.45) is 5.41 Å². The van der Waals surface area contributed by atoms with Gasteiger partial charge in [0, 0.05) is 12.0 Å². The second-order valence-electron chi connectivity index (χ2n) is 4.23. The molecule has 1 aliphatic rings. The van der Waals surface area contributed by atoms with E-state index in [1.54, 1.807) is 0 Å². The van der Waals surface area contributed by atoms with Crippen molar-refractivity contribution in [3.05, 3.63) is 24.8 Å². The van der Waals surface area contributed by atoms with Gasteiger partial charge in [0.2, 0.25) is 0 Å². The number of rotatable bonds is 3. The van der Waals surface area contributed by atoms with Gasteiger partial charge >= 0.3 is 5.97 Å². The summed E-state index contributed by atoms with van der Waals surface area (Å²) in [5.74, 6) is -0.245. The number of ether oxygens (including phenoxy) is 1. The van der Waals surface area contributed by atoms with Crippen LogP contribution >= 0.6 is 0 Å². The predicted molar refractivity (Wildman–Crippen MR) is 52.2 cm³/mol. The molecule has 0 radical (unpaired) electrons. The van der Waals surface area contributed by atoms with Crippen molar-refractivity contribution in [2.75, 3.05) is 0 Å². The average molecular weight is 180 g/mol. The first kappa shape index (κ1) is 10.0. The van der Waals surface area contributed by atoms with Crippen molar-refractivity contribution in [1.29, 1.82) is 0 Å². The Morgan fingerprint density at radius 2 is 2.31 bits per heavy atom. The number of allylic oxidation sites excluding steroid dienone is 1. The first-order chi connectivity index (χ1) is 5.94. The Morgan fingerprint density at radius 3 is 2.69 bits per heavy atom. The Morgan fingerprint density at radius 1 is 1.69 bits per heavy atom. The summed E-state index contributed by atoms with van der Waals surface area (Å²) >= 11 is 0. The number of cyclic esters (lactones) is 1. The minimum absolute atomic E-state index is 0.00648. The smallest absolute Gasteiger partial charge is 0.333 e. The fraction of sp³-hybridized carbons (Fsp3) is 0.545. The fourth-order valence-corrected chi connectivity index (χ4v) is 1.42. The molecule has 13 heavy (non-hydrogen) atoms. The molecule has 72 valence electrons. The molecule has 0 N–H and O–H groups in total. The van der Waals surface area contributed by atoms with Gasteiger partial charge in [0.05, 0.1) is 0 Å². The van der Waals surface area contributed by atoms with Crippen molar-refractivity contribution < 1.29 is 9.53 Å². The van der Waals surface area contributed by atoms with E-state index in [9.17, 15) is 4.79 Å². The topological polar surface area (TPSA) is 26.3 Å². The highest BCUT2D eigenvalue weighted by Gasteiger charge is 2.31. The van der Waals surface area contributed by atoms with Crippen LogP contribution in [-0.2, 0) is 9.53 Å². The van der Waals surface area contributed by atoms with Gasteiger partial charge in [-0.15, -0.1) is 6.58 Å². The minimum atomic E-state index is -0.245. The first-order valence-electron chi connectivity index (χ1n) is 4.47. The lowest BCUT2D eigenvalue weighted by Crippen LogP contribution is -2.18. The van der Waals surface area contributed by atoms with E-state index in [1.165, 1.54) is 0 Å². The lowest BCUT2D eigenvalue weighted by molar-refractivity contribution is -0.139. The maximum Gasteiger partial charge on any atom is 0.333 e. The molecular weight excluding hydrogens is 164 g/mol. The van der Waals surface area contributed by atoms with Crippen LogP contribution in [0, 0.1) is 5.41 Å². The van der Waals surface area contributed by atoms with Gasteiger partial charge in [-0.25, -0.2) is 4.79 Å². The van der Waals surface area contributed by atoms with Crippen molar-refractivity contribution >= 4 is 5.97 Å². The molecule has 1 fully saturated rings. The third-order valence-corrected chi connectivity index (χ3v) is 2.34. The van der Waals surface area contributed by atoms with Crippen molar-refractivity contribution in [2.45, 2.75) is 32.8 Å². The summed E-state index contributed by atoms with van der Waals surface area (Å²) in [6.45, 7) is 11.5. The van der Waals surface area contributed by atoms with E-state index in [4.69, 9.17) is 4.74 Å². The van der Waals surface area contributed by atoms with Crippen LogP contribution in [0.15, 0.2) is 24.8 Å². The summed E-state index contributed by atoms with van der Waals surface area (Å²) in [7, 11) is 0. The van der Waals surface area contributed by atoms with Crippen LogP contribution in [0.4, 0.5) is 0 Å². The number of esters is 1. The van der Waals surface area contributed by atoms with Crippen LogP contribution in [-0.4, -0.2) is 12.1 Å². The molecule has 1 heterocycles. The van der Waals surface area contributed by atoms with Gasteiger partial charge in [-0.05, 0) is 11.8 Å². The van der Waals surface area contributed by atoms with E-state index >= 15 is 0 Å². The number of carbonyl (C=O) groups is 1. The van der Waals surface area contributed by atoms with Gasteiger partial charge in [-0.3, -0.25) is 0 Å². The van der Waals surface area contributed by atoms with Crippen LogP contribution in [0.5, 0.6) is 0 Å². The van der Waals surface area contributed by atoms with Gasteiger partial charge in [0.25, 0.3) is 0 Å². The van der Waals surface area contributed by atoms with Crippen molar-refractivity contribution in [3.63, 3.8) is 0 Å². The molecule has 0 aromatic heterocycles. The first-order valence-corrected chi connectivity index (χ1v) is 4.47. The molecule has 1 rings (SSSR count). The normalized spacial score (nSPS) is 23.1. The zero-order valence-corrected chi connectivity index (χ0v) is 8.30.